The standard InChI is InChI=1S/C16H25NO/c1-4-13-7-9-14(10-8-13)15-11-17-16(5-2,6-3)12-18-15/h7-10,15,17H,4-6,11-12H2,1-3H3. The molecule has 0 aromatic heterocycles. The Morgan fingerprint density at radius 2 is 1.83 bits per heavy atom. The van der Waals surface area contributed by atoms with Crippen LogP contribution in [0.4, 0.5) is 0 Å². The van der Waals surface area contributed by atoms with E-state index < -0.39 is 0 Å². The fraction of sp³-hybridized carbons (Fsp3) is 0.625. The summed E-state index contributed by atoms with van der Waals surface area (Å²) in [5.74, 6) is 0. The predicted molar refractivity (Wildman–Crippen MR) is 75.8 cm³/mol. The van der Waals surface area contributed by atoms with Crippen LogP contribution >= 0.6 is 0 Å². The number of ether oxygens (including phenoxy) is 1. The third-order valence-electron chi connectivity index (χ3n) is 4.34. The molecule has 0 spiro atoms. The quantitative estimate of drug-likeness (QED) is 0.879. The van der Waals surface area contributed by atoms with E-state index in [0.717, 1.165) is 32.4 Å². The largest absolute Gasteiger partial charge is 0.370 e. The molecule has 2 heteroatoms. The van der Waals surface area contributed by atoms with Crippen molar-refractivity contribution < 1.29 is 4.74 Å². The lowest BCUT2D eigenvalue weighted by atomic mass is 9.91. The first-order valence-corrected chi connectivity index (χ1v) is 7.18. The highest BCUT2D eigenvalue weighted by Gasteiger charge is 2.32. The Morgan fingerprint density at radius 3 is 2.28 bits per heavy atom. The molecule has 0 aliphatic carbocycles. The lowest BCUT2D eigenvalue weighted by Gasteiger charge is -2.40. The van der Waals surface area contributed by atoms with Crippen molar-refractivity contribution in [3.8, 4) is 0 Å². The van der Waals surface area contributed by atoms with Crippen LogP contribution in [0.2, 0.25) is 0 Å². The summed E-state index contributed by atoms with van der Waals surface area (Å²) >= 11 is 0. The average Bonchev–Trinajstić information content (AvgIpc) is 2.47. The fourth-order valence-corrected chi connectivity index (χ4v) is 2.57. The highest BCUT2D eigenvalue weighted by Crippen LogP contribution is 2.27. The number of hydrogen-bond donors (Lipinski definition) is 1. The van der Waals surface area contributed by atoms with E-state index in [1.807, 2.05) is 0 Å². The molecule has 1 aliphatic rings. The fourth-order valence-electron chi connectivity index (χ4n) is 2.57. The molecule has 1 atom stereocenters. The molecule has 1 heterocycles. The van der Waals surface area contributed by atoms with E-state index >= 15 is 0 Å². The minimum atomic E-state index is 0.194. The first-order valence-electron chi connectivity index (χ1n) is 7.18. The van der Waals surface area contributed by atoms with E-state index in [1.54, 1.807) is 0 Å². The SMILES string of the molecule is CCc1ccc(C2CNC(CC)(CC)CO2)cc1. The van der Waals surface area contributed by atoms with Crippen LogP contribution in [0.1, 0.15) is 50.8 Å². The summed E-state index contributed by atoms with van der Waals surface area (Å²) in [4.78, 5) is 0. The van der Waals surface area contributed by atoms with Crippen molar-refractivity contribution >= 4 is 0 Å². The van der Waals surface area contributed by atoms with Gasteiger partial charge < -0.3 is 10.1 Å². The smallest absolute Gasteiger partial charge is 0.0950 e. The van der Waals surface area contributed by atoms with Gasteiger partial charge in [0, 0.05) is 12.1 Å². The van der Waals surface area contributed by atoms with Crippen LogP contribution in [0.3, 0.4) is 0 Å². The molecule has 1 aromatic carbocycles. The first kappa shape index (κ1) is 13.6. The Morgan fingerprint density at radius 1 is 1.17 bits per heavy atom. The zero-order valence-corrected chi connectivity index (χ0v) is 11.8. The first-order chi connectivity index (χ1) is 8.73. The molecule has 1 aliphatic heterocycles. The van der Waals surface area contributed by atoms with Gasteiger partial charge in [-0.3, -0.25) is 0 Å². The molecular weight excluding hydrogens is 222 g/mol. The normalized spacial score (nSPS) is 22.9. The van der Waals surface area contributed by atoms with Gasteiger partial charge in [0.1, 0.15) is 0 Å². The molecule has 1 N–H and O–H groups in total. The molecular formula is C16H25NO. The lowest BCUT2D eigenvalue weighted by molar-refractivity contribution is -0.0374. The number of rotatable bonds is 4. The van der Waals surface area contributed by atoms with Crippen LogP contribution in [0.25, 0.3) is 0 Å². The van der Waals surface area contributed by atoms with Crippen molar-refractivity contribution in [2.75, 3.05) is 13.2 Å². The van der Waals surface area contributed by atoms with Gasteiger partial charge in [-0.05, 0) is 30.4 Å². The van der Waals surface area contributed by atoms with Crippen molar-refractivity contribution in [1.82, 2.24) is 5.32 Å². The summed E-state index contributed by atoms with van der Waals surface area (Å²) in [5, 5.41) is 3.68. The van der Waals surface area contributed by atoms with Gasteiger partial charge in [0.05, 0.1) is 12.7 Å². The van der Waals surface area contributed by atoms with E-state index in [9.17, 15) is 0 Å². The number of aryl methyl sites for hydroxylation is 1. The van der Waals surface area contributed by atoms with Crippen LogP contribution in [-0.2, 0) is 11.2 Å². The number of hydrogen-bond acceptors (Lipinski definition) is 2. The molecule has 0 amide bonds. The average molecular weight is 247 g/mol. The maximum absolute atomic E-state index is 6.07. The third-order valence-corrected chi connectivity index (χ3v) is 4.34. The molecule has 0 saturated carbocycles. The second-order valence-corrected chi connectivity index (χ2v) is 5.26. The van der Waals surface area contributed by atoms with Crippen LogP contribution in [0, 0.1) is 0 Å². The molecule has 1 unspecified atom stereocenters. The van der Waals surface area contributed by atoms with Gasteiger partial charge in [-0.25, -0.2) is 0 Å². The van der Waals surface area contributed by atoms with Gasteiger partial charge in [-0.2, -0.15) is 0 Å². The Kier molecular flexibility index (Phi) is 4.41. The number of morpholine rings is 1. The van der Waals surface area contributed by atoms with Gasteiger partial charge in [-0.1, -0.05) is 45.0 Å². The van der Waals surface area contributed by atoms with Gasteiger partial charge in [0.25, 0.3) is 0 Å². The summed E-state index contributed by atoms with van der Waals surface area (Å²) in [7, 11) is 0. The lowest BCUT2D eigenvalue weighted by Crippen LogP contribution is -2.54. The van der Waals surface area contributed by atoms with E-state index in [2.05, 4.69) is 50.4 Å². The Labute approximate surface area is 111 Å². The second-order valence-electron chi connectivity index (χ2n) is 5.26. The van der Waals surface area contributed by atoms with Gasteiger partial charge in [0.2, 0.25) is 0 Å². The van der Waals surface area contributed by atoms with Crippen molar-refractivity contribution in [1.29, 1.82) is 0 Å². The zero-order valence-electron chi connectivity index (χ0n) is 11.8. The summed E-state index contributed by atoms with van der Waals surface area (Å²) in [5.41, 5.74) is 2.87. The number of benzene rings is 1. The van der Waals surface area contributed by atoms with Crippen molar-refractivity contribution in [2.45, 2.75) is 51.7 Å². The van der Waals surface area contributed by atoms with Crippen LogP contribution < -0.4 is 5.32 Å². The van der Waals surface area contributed by atoms with Crippen LogP contribution in [0.15, 0.2) is 24.3 Å². The monoisotopic (exact) mass is 247 g/mol. The summed E-state index contributed by atoms with van der Waals surface area (Å²) in [6, 6.07) is 8.83. The molecule has 1 fully saturated rings. The maximum atomic E-state index is 6.07. The van der Waals surface area contributed by atoms with E-state index in [4.69, 9.17) is 4.74 Å². The maximum Gasteiger partial charge on any atom is 0.0950 e. The third kappa shape index (κ3) is 2.76. The molecule has 1 saturated heterocycles. The van der Waals surface area contributed by atoms with Crippen molar-refractivity contribution in [2.24, 2.45) is 0 Å². The predicted octanol–water partition coefficient (Wildman–Crippen LogP) is 3.47. The van der Waals surface area contributed by atoms with Crippen molar-refractivity contribution in [3.63, 3.8) is 0 Å². The molecule has 100 valence electrons. The minimum absolute atomic E-state index is 0.194. The topological polar surface area (TPSA) is 21.3 Å². The van der Waals surface area contributed by atoms with Crippen LogP contribution in [0.5, 0.6) is 0 Å². The zero-order chi connectivity index (χ0) is 13.0. The summed E-state index contributed by atoms with van der Waals surface area (Å²) in [6.45, 7) is 8.39. The van der Waals surface area contributed by atoms with Crippen molar-refractivity contribution in [3.05, 3.63) is 35.4 Å². The molecule has 0 radical (unpaired) electrons. The highest BCUT2D eigenvalue weighted by molar-refractivity contribution is 5.25. The van der Waals surface area contributed by atoms with E-state index in [-0.39, 0.29) is 11.6 Å². The minimum Gasteiger partial charge on any atom is -0.370 e. The van der Waals surface area contributed by atoms with Gasteiger partial charge in [0.15, 0.2) is 0 Å². The summed E-state index contributed by atoms with van der Waals surface area (Å²) in [6.07, 6.45) is 3.57. The van der Waals surface area contributed by atoms with Gasteiger partial charge >= 0.3 is 0 Å². The van der Waals surface area contributed by atoms with E-state index in [1.165, 1.54) is 11.1 Å². The molecule has 1 aromatic rings. The highest BCUT2D eigenvalue weighted by atomic mass is 16.5. The Hall–Kier alpha value is -0.860. The Bertz CT molecular complexity index is 357. The Balaban J connectivity index is 2.00. The molecule has 2 nitrogen and oxygen atoms in total. The molecule has 18 heavy (non-hydrogen) atoms. The summed E-state index contributed by atoms with van der Waals surface area (Å²) < 4.78 is 6.07. The van der Waals surface area contributed by atoms with Gasteiger partial charge in [-0.15, -0.1) is 0 Å². The van der Waals surface area contributed by atoms with Crippen LogP contribution in [-0.4, -0.2) is 18.7 Å². The van der Waals surface area contributed by atoms with E-state index in [0.29, 0.717) is 0 Å². The molecule has 0 bridgehead atoms. The second kappa shape index (κ2) is 5.85. The number of nitrogens with one attached hydrogen (secondary N) is 1. The molecule has 2 rings (SSSR count).